The van der Waals surface area contributed by atoms with Crippen molar-refractivity contribution in [2.75, 3.05) is 0 Å². The van der Waals surface area contributed by atoms with Crippen LogP contribution >= 0.6 is 19.7 Å². The molecule has 4 rings (SSSR count). The fourth-order valence-corrected chi connectivity index (χ4v) is 7.66. The van der Waals surface area contributed by atoms with E-state index in [2.05, 4.69) is 108 Å². The van der Waals surface area contributed by atoms with E-state index in [0.717, 1.165) is 11.9 Å². The highest BCUT2D eigenvalue weighted by Crippen LogP contribution is 2.57. The van der Waals surface area contributed by atoms with Crippen LogP contribution in [0.1, 0.15) is 5.69 Å². The van der Waals surface area contributed by atoms with Crippen molar-refractivity contribution in [3.05, 3.63) is 121 Å². The van der Waals surface area contributed by atoms with Gasteiger partial charge in [-0.2, -0.15) is 0 Å². The molecule has 1 nitrogen and oxygen atoms in total. The Morgan fingerprint density at radius 3 is 1.30 bits per heavy atom. The Balaban J connectivity index is 0.00000210. The molecule has 0 atom stereocenters. The standard InChI is InChI=1S/C24H21NP.ClH/c1-4-13-22(14-5-1)26(23-15-6-2-7-16-23,24-17-8-3-9-18-24)20-21-12-10-11-19-25-21;/h1-19H,20H2;1H/q+1;. The van der Waals surface area contributed by atoms with Crippen molar-refractivity contribution in [2.24, 2.45) is 0 Å². The van der Waals surface area contributed by atoms with E-state index in [1.807, 2.05) is 12.3 Å². The van der Waals surface area contributed by atoms with Crippen LogP contribution in [0.15, 0.2) is 115 Å². The Hall–Kier alpha value is -2.47. The van der Waals surface area contributed by atoms with Gasteiger partial charge in [-0.15, -0.1) is 12.4 Å². The van der Waals surface area contributed by atoms with E-state index in [4.69, 9.17) is 0 Å². The van der Waals surface area contributed by atoms with Gasteiger partial charge >= 0.3 is 0 Å². The minimum absolute atomic E-state index is 0. The summed E-state index contributed by atoms with van der Waals surface area (Å²) in [5.74, 6) is 0. The predicted octanol–water partition coefficient (Wildman–Crippen LogP) is 5.00. The van der Waals surface area contributed by atoms with Gasteiger partial charge in [0.15, 0.2) is 0 Å². The van der Waals surface area contributed by atoms with Gasteiger partial charge in [0, 0.05) is 6.20 Å². The highest BCUT2D eigenvalue weighted by molar-refractivity contribution is 7.95. The summed E-state index contributed by atoms with van der Waals surface area (Å²) in [6, 6.07) is 39.0. The maximum atomic E-state index is 4.67. The van der Waals surface area contributed by atoms with E-state index < -0.39 is 7.26 Å². The van der Waals surface area contributed by atoms with Crippen LogP contribution in [0.5, 0.6) is 0 Å². The minimum Gasteiger partial charge on any atom is -0.257 e. The Morgan fingerprint density at radius 1 is 0.519 bits per heavy atom. The molecule has 1 heterocycles. The van der Waals surface area contributed by atoms with Crippen molar-refractivity contribution in [1.29, 1.82) is 0 Å². The molecule has 0 bridgehead atoms. The number of aromatic nitrogens is 1. The van der Waals surface area contributed by atoms with Crippen LogP contribution in [-0.2, 0) is 6.16 Å². The van der Waals surface area contributed by atoms with Gasteiger partial charge in [0.2, 0.25) is 0 Å². The third-order valence-corrected chi connectivity index (χ3v) is 9.05. The molecule has 3 heteroatoms. The lowest BCUT2D eigenvalue weighted by molar-refractivity contribution is 1.17. The van der Waals surface area contributed by atoms with Crippen LogP contribution in [0.2, 0.25) is 0 Å². The Kier molecular flexibility index (Phi) is 6.40. The third-order valence-electron chi connectivity index (χ3n) is 4.72. The fourth-order valence-electron chi connectivity index (χ4n) is 3.50. The van der Waals surface area contributed by atoms with Crippen molar-refractivity contribution in [1.82, 2.24) is 4.98 Å². The van der Waals surface area contributed by atoms with Crippen molar-refractivity contribution in [3.63, 3.8) is 0 Å². The SMILES string of the molecule is Cl.c1ccc([P+](Cc2ccccn2)(c2ccccc2)c2ccccc2)cc1. The summed E-state index contributed by atoms with van der Waals surface area (Å²) in [5, 5.41) is 4.18. The first kappa shape index (κ1) is 19.3. The monoisotopic (exact) mass is 390 g/mol. The molecule has 0 unspecified atom stereocenters. The number of halogens is 1. The molecule has 134 valence electrons. The Bertz CT molecular complexity index is 848. The number of pyridine rings is 1. The summed E-state index contributed by atoms with van der Waals surface area (Å²) in [5.41, 5.74) is 1.14. The molecule has 3 aromatic carbocycles. The second-order valence-corrected chi connectivity index (χ2v) is 9.78. The average Bonchev–Trinajstić information content (AvgIpc) is 2.75. The van der Waals surface area contributed by atoms with Gasteiger partial charge in [-0.25, -0.2) is 0 Å². The van der Waals surface area contributed by atoms with Crippen LogP contribution in [0, 0.1) is 0 Å². The van der Waals surface area contributed by atoms with Gasteiger partial charge in [0.1, 0.15) is 29.3 Å². The molecule has 0 saturated carbocycles. The molecule has 0 saturated heterocycles. The lowest BCUT2D eigenvalue weighted by Crippen LogP contribution is -2.32. The number of benzene rings is 3. The van der Waals surface area contributed by atoms with Gasteiger partial charge in [-0.05, 0) is 48.5 Å². The van der Waals surface area contributed by atoms with Crippen molar-refractivity contribution >= 4 is 35.6 Å². The van der Waals surface area contributed by atoms with Crippen LogP contribution in [-0.4, -0.2) is 4.98 Å². The van der Waals surface area contributed by atoms with Crippen LogP contribution in [0.25, 0.3) is 0 Å². The first-order chi connectivity index (χ1) is 12.9. The average molecular weight is 391 g/mol. The summed E-state index contributed by atoms with van der Waals surface area (Å²) in [6.07, 6.45) is 2.82. The zero-order valence-corrected chi connectivity index (χ0v) is 16.7. The molecule has 0 aliphatic heterocycles. The molecule has 1 aromatic heterocycles. The molecule has 0 radical (unpaired) electrons. The second-order valence-electron chi connectivity index (χ2n) is 6.30. The highest BCUT2D eigenvalue weighted by Gasteiger charge is 2.45. The third kappa shape index (κ3) is 3.95. The van der Waals surface area contributed by atoms with Crippen molar-refractivity contribution in [3.8, 4) is 0 Å². The van der Waals surface area contributed by atoms with E-state index >= 15 is 0 Å². The summed E-state index contributed by atoms with van der Waals surface area (Å²) in [4.78, 5) is 4.67. The summed E-state index contributed by atoms with van der Waals surface area (Å²) in [7, 11) is -1.84. The zero-order valence-electron chi connectivity index (χ0n) is 15.0. The molecule has 0 N–H and O–H groups in total. The normalized spacial score (nSPS) is 10.8. The van der Waals surface area contributed by atoms with E-state index in [1.54, 1.807) is 0 Å². The molecule has 0 fully saturated rings. The summed E-state index contributed by atoms with van der Waals surface area (Å²) in [6.45, 7) is 0. The van der Waals surface area contributed by atoms with Gasteiger partial charge in [0.25, 0.3) is 0 Å². The smallest absolute Gasteiger partial charge is 0.118 e. The van der Waals surface area contributed by atoms with Crippen LogP contribution < -0.4 is 15.9 Å². The van der Waals surface area contributed by atoms with E-state index in [-0.39, 0.29) is 12.4 Å². The fraction of sp³-hybridized carbons (Fsp3) is 0.0417. The molecule has 4 aromatic rings. The number of nitrogens with zero attached hydrogens (tertiary/aromatic N) is 1. The van der Waals surface area contributed by atoms with Gasteiger partial charge in [-0.1, -0.05) is 60.7 Å². The number of hydrogen-bond donors (Lipinski definition) is 0. The first-order valence-corrected chi connectivity index (χ1v) is 10.8. The minimum atomic E-state index is -1.84. The maximum Gasteiger partial charge on any atom is 0.118 e. The molecule has 0 amide bonds. The largest absolute Gasteiger partial charge is 0.257 e. The van der Waals surface area contributed by atoms with Gasteiger partial charge in [0.05, 0.1) is 5.69 Å². The van der Waals surface area contributed by atoms with Gasteiger partial charge < -0.3 is 0 Å². The van der Waals surface area contributed by atoms with Crippen molar-refractivity contribution in [2.45, 2.75) is 6.16 Å². The van der Waals surface area contributed by atoms with Crippen molar-refractivity contribution < 1.29 is 0 Å². The first-order valence-electron chi connectivity index (χ1n) is 8.84. The maximum absolute atomic E-state index is 4.67. The van der Waals surface area contributed by atoms with Gasteiger partial charge in [-0.3, -0.25) is 4.98 Å². The molecule has 27 heavy (non-hydrogen) atoms. The highest BCUT2D eigenvalue weighted by atomic mass is 35.5. The van der Waals surface area contributed by atoms with E-state index in [9.17, 15) is 0 Å². The molecular weight excluding hydrogens is 369 g/mol. The Morgan fingerprint density at radius 2 is 0.926 bits per heavy atom. The lowest BCUT2D eigenvalue weighted by Gasteiger charge is -2.27. The summed E-state index contributed by atoms with van der Waals surface area (Å²) >= 11 is 0. The quantitative estimate of drug-likeness (QED) is 0.437. The molecular formula is C24H22ClNP+. The van der Waals surface area contributed by atoms with Crippen LogP contribution in [0.3, 0.4) is 0 Å². The number of hydrogen-bond acceptors (Lipinski definition) is 1. The molecule has 0 aliphatic carbocycles. The number of rotatable bonds is 5. The van der Waals surface area contributed by atoms with E-state index in [1.165, 1.54) is 15.9 Å². The predicted molar refractivity (Wildman–Crippen MR) is 120 cm³/mol. The molecule has 0 aliphatic rings. The topological polar surface area (TPSA) is 12.9 Å². The zero-order chi connectivity index (χ0) is 17.7. The Labute approximate surface area is 167 Å². The second kappa shape index (κ2) is 8.95. The lowest BCUT2D eigenvalue weighted by atomic mass is 10.3. The molecule has 0 spiro atoms. The van der Waals surface area contributed by atoms with E-state index in [0.29, 0.717) is 0 Å². The van der Waals surface area contributed by atoms with Crippen LogP contribution in [0.4, 0.5) is 0 Å². The summed E-state index contributed by atoms with van der Waals surface area (Å²) < 4.78 is 0.